The number of carbonyl (C=O) groups excluding carboxylic acids is 2. The van der Waals surface area contributed by atoms with Gasteiger partial charge in [-0.05, 0) is 56.9 Å². The van der Waals surface area contributed by atoms with Crippen molar-refractivity contribution in [3.63, 3.8) is 0 Å². The van der Waals surface area contributed by atoms with E-state index in [1.165, 1.54) is 12.2 Å². The van der Waals surface area contributed by atoms with Crippen LogP contribution in [-0.4, -0.2) is 68.4 Å². The second-order valence-corrected chi connectivity index (χ2v) is 8.54. The lowest BCUT2D eigenvalue weighted by atomic mass is 9.85. The zero-order chi connectivity index (χ0) is 23.5. The molecule has 32 heavy (non-hydrogen) atoms. The number of hydrogen-bond donors (Lipinski definition) is 0. The summed E-state index contributed by atoms with van der Waals surface area (Å²) in [7, 11) is 3.07. The van der Waals surface area contributed by atoms with Gasteiger partial charge in [-0.2, -0.15) is 5.06 Å². The van der Waals surface area contributed by atoms with Gasteiger partial charge in [0, 0.05) is 30.2 Å². The maximum absolute atomic E-state index is 13.7. The van der Waals surface area contributed by atoms with Crippen molar-refractivity contribution in [2.75, 3.05) is 40.7 Å². The molecule has 0 atom stereocenters. The van der Waals surface area contributed by atoms with Gasteiger partial charge in [-0.25, -0.2) is 14.7 Å². The van der Waals surface area contributed by atoms with Crippen LogP contribution < -0.4 is 0 Å². The molecular formula is C22H29BrN2O7. The first-order valence-corrected chi connectivity index (χ1v) is 11.2. The van der Waals surface area contributed by atoms with Crippen LogP contribution in [0.25, 0.3) is 5.57 Å². The number of benzene rings is 1. The van der Waals surface area contributed by atoms with Crippen molar-refractivity contribution >= 4 is 33.6 Å². The summed E-state index contributed by atoms with van der Waals surface area (Å²) in [6.07, 6.45) is -0.0107. The van der Waals surface area contributed by atoms with Crippen LogP contribution in [0.1, 0.15) is 36.5 Å². The number of carbonyl (C=O) groups is 2. The Morgan fingerprint density at radius 3 is 2.41 bits per heavy atom. The summed E-state index contributed by atoms with van der Waals surface area (Å²) < 4.78 is 16.6. The van der Waals surface area contributed by atoms with Crippen molar-refractivity contribution in [2.45, 2.75) is 39.2 Å². The third kappa shape index (κ3) is 4.55. The lowest BCUT2D eigenvalue weighted by Gasteiger charge is -2.43. The van der Waals surface area contributed by atoms with E-state index in [2.05, 4.69) is 15.9 Å². The SMILES string of the molecule is CCOC(=O)OC1=C(c2cc(C)c(C)cc2Br)C(=O)N(OCOC)C12CCN(OC)CC2. The lowest BCUT2D eigenvalue weighted by Crippen LogP contribution is -2.55. The molecule has 0 radical (unpaired) electrons. The summed E-state index contributed by atoms with van der Waals surface area (Å²) in [5.74, 6) is -0.187. The molecule has 176 valence electrons. The molecule has 0 N–H and O–H groups in total. The van der Waals surface area contributed by atoms with Gasteiger partial charge < -0.3 is 19.0 Å². The van der Waals surface area contributed by atoms with Gasteiger partial charge in [0.15, 0.2) is 12.6 Å². The molecule has 2 heterocycles. The van der Waals surface area contributed by atoms with E-state index in [9.17, 15) is 9.59 Å². The maximum Gasteiger partial charge on any atom is 0.513 e. The van der Waals surface area contributed by atoms with Gasteiger partial charge in [0.05, 0.1) is 19.3 Å². The van der Waals surface area contributed by atoms with Crippen LogP contribution in [0.15, 0.2) is 22.4 Å². The van der Waals surface area contributed by atoms with Crippen LogP contribution in [0.3, 0.4) is 0 Å². The number of hydrogen-bond acceptors (Lipinski definition) is 8. The molecule has 0 unspecified atom stereocenters. The molecule has 1 saturated heterocycles. The Morgan fingerprint density at radius 2 is 1.81 bits per heavy atom. The monoisotopic (exact) mass is 512 g/mol. The van der Waals surface area contributed by atoms with E-state index in [0.29, 0.717) is 36.0 Å². The first-order valence-electron chi connectivity index (χ1n) is 10.4. The molecule has 1 fully saturated rings. The predicted octanol–water partition coefficient (Wildman–Crippen LogP) is 3.72. The molecular weight excluding hydrogens is 484 g/mol. The van der Waals surface area contributed by atoms with Crippen molar-refractivity contribution < 1.29 is 33.5 Å². The summed E-state index contributed by atoms with van der Waals surface area (Å²) in [5.41, 5.74) is 1.93. The fourth-order valence-corrected chi connectivity index (χ4v) is 4.72. The number of methoxy groups -OCH3 is 1. The first kappa shape index (κ1) is 24.7. The molecule has 1 aromatic rings. The Balaban J connectivity index is 2.19. The molecule has 2 aliphatic heterocycles. The highest BCUT2D eigenvalue weighted by molar-refractivity contribution is 9.10. The summed E-state index contributed by atoms with van der Waals surface area (Å²) in [6.45, 7) is 6.68. The Morgan fingerprint density at radius 1 is 1.16 bits per heavy atom. The highest BCUT2D eigenvalue weighted by Crippen LogP contribution is 2.48. The van der Waals surface area contributed by atoms with Crippen molar-refractivity contribution in [3.8, 4) is 0 Å². The van der Waals surface area contributed by atoms with Gasteiger partial charge in [0.1, 0.15) is 5.54 Å². The second kappa shape index (κ2) is 10.3. The Kier molecular flexibility index (Phi) is 7.94. The maximum atomic E-state index is 13.7. The zero-order valence-electron chi connectivity index (χ0n) is 19.0. The van der Waals surface area contributed by atoms with E-state index in [4.69, 9.17) is 23.9 Å². The van der Waals surface area contributed by atoms with E-state index in [-0.39, 0.29) is 24.7 Å². The number of hydroxylamine groups is 4. The summed E-state index contributed by atoms with van der Waals surface area (Å²) in [6, 6.07) is 3.84. The second-order valence-electron chi connectivity index (χ2n) is 7.68. The fraction of sp³-hybridized carbons (Fsp3) is 0.545. The quantitative estimate of drug-likeness (QED) is 0.403. The van der Waals surface area contributed by atoms with Crippen LogP contribution in [0.5, 0.6) is 0 Å². The molecule has 0 bridgehead atoms. The number of rotatable bonds is 7. The van der Waals surface area contributed by atoms with Crippen LogP contribution in [0.4, 0.5) is 4.79 Å². The van der Waals surface area contributed by atoms with E-state index in [0.717, 1.165) is 11.1 Å². The van der Waals surface area contributed by atoms with E-state index >= 15 is 0 Å². The minimum Gasteiger partial charge on any atom is -0.434 e. The molecule has 2 aliphatic rings. The van der Waals surface area contributed by atoms with Gasteiger partial charge in [-0.3, -0.25) is 4.79 Å². The van der Waals surface area contributed by atoms with Crippen LogP contribution in [0, 0.1) is 13.8 Å². The highest BCUT2D eigenvalue weighted by atomic mass is 79.9. The molecule has 9 nitrogen and oxygen atoms in total. The van der Waals surface area contributed by atoms with Gasteiger partial charge in [0.25, 0.3) is 5.91 Å². The standard InChI is InChI=1S/C22H29BrN2O7/c1-6-30-21(27)32-19-18(16-11-14(2)15(3)12-17(16)23)20(26)25(31-13-28-4)22(19)7-9-24(29-5)10-8-22/h11-12H,6-10,13H2,1-5H3. The van der Waals surface area contributed by atoms with Crippen LogP contribution in [0.2, 0.25) is 0 Å². The zero-order valence-corrected chi connectivity index (χ0v) is 20.6. The van der Waals surface area contributed by atoms with Gasteiger partial charge in [-0.1, -0.05) is 15.9 Å². The van der Waals surface area contributed by atoms with E-state index in [1.54, 1.807) is 19.1 Å². The molecule has 1 spiro atoms. The highest BCUT2D eigenvalue weighted by Gasteiger charge is 2.57. The number of piperidine rings is 1. The average molecular weight is 513 g/mol. The van der Waals surface area contributed by atoms with E-state index in [1.807, 2.05) is 26.0 Å². The summed E-state index contributed by atoms with van der Waals surface area (Å²) >= 11 is 3.58. The number of nitrogens with zero attached hydrogens (tertiary/aromatic N) is 2. The van der Waals surface area contributed by atoms with Crippen LogP contribution >= 0.6 is 15.9 Å². The average Bonchev–Trinajstić information content (AvgIpc) is 2.97. The number of amides is 1. The molecule has 10 heteroatoms. The third-order valence-corrected chi connectivity index (χ3v) is 6.50. The molecule has 0 aliphatic carbocycles. The van der Waals surface area contributed by atoms with Crippen molar-refractivity contribution in [1.82, 2.24) is 10.1 Å². The Labute approximate surface area is 196 Å². The van der Waals surface area contributed by atoms with Gasteiger partial charge in [0.2, 0.25) is 0 Å². The summed E-state index contributed by atoms with van der Waals surface area (Å²) in [5, 5.41) is 3.07. The van der Waals surface area contributed by atoms with Crippen LogP contribution in [-0.2, 0) is 28.7 Å². The summed E-state index contributed by atoms with van der Waals surface area (Å²) in [4.78, 5) is 37.3. The topological polar surface area (TPSA) is 86.8 Å². The van der Waals surface area contributed by atoms with Crippen molar-refractivity contribution in [3.05, 3.63) is 39.1 Å². The predicted molar refractivity (Wildman–Crippen MR) is 119 cm³/mol. The largest absolute Gasteiger partial charge is 0.513 e. The smallest absolute Gasteiger partial charge is 0.434 e. The van der Waals surface area contributed by atoms with Gasteiger partial charge in [-0.15, -0.1) is 0 Å². The van der Waals surface area contributed by atoms with Crippen molar-refractivity contribution in [2.24, 2.45) is 0 Å². The number of ether oxygens (including phenoxy) is 3. The minimum atomic E-state index is -1.01. The fourth-order valence-electron chi connectivity index (χ4n) is 4.06. The van der Waals surface area contributed by atoms with E-state index < -0.39 is 17.6 Å². The molecule has 3 rings (SSSR count). The Hall–Kier alpha value is -1.98. The molecule has 0 saturated carbocycles. The number of halogens is 1. The molecule has 1 amide bonds. The lowest BCUT2D eigenvalue weighted by molar-refractivity contribution is -0.260. The normalized spacial score (nSPS) is 18.6. The number of aryl methyl sites for hydroxylation is 2. The molecule has 1 aromatic carbocycles. The van der Waals surface area contributed by atoms with Gasteiger partial charge >= 0.3 is 6.16 Å². The third-order valence-electron chi connectivity index (χ3n) is 5.84. The first-order chi connectivity index (χ1) is 15.3. The minimum absolute atomic E-state index is 0.129. The Bertz CT molecular complexity index is 910. The van der Waals surface area contributed by atoms with Crippen molar-refractivity contribution in [1.29, 1.82) is 0 Å². The molecule has 0 aromatic heterocycles.